The number of hydrogen-bond acceptors (Lipinski definition) is 2. The summed E-state index contributed by atoms with van der Waals surface area (Å²) in [7, 11) is 0. The third-order valence-electron chi connectivity index (χ3n) is 2.29. The van der Waals surface area contributed by atoms with Crippen LogP contribution in [0.4, 0.5) is 0 Å². The Morgan fingerprint density at radius 1 is 1.50 bits per heavy atom. The second-order valence-corrected chi connectivity index (χ2v) is 3.25. The molecule has 0 aromatic rings. The predicted molar refractivity (Wildman–Crippen MR) is 48.0 cm³/mol. The number of hydrogen-bond donors (Lipinski definition) is 0. The van der Waals surface area contributed by atoms with Crippen LogP contribution in [0, 0.1) is 5.92 Å². The Balaban J connectivity index is 2.14. The number of carbonyl (C=O) groups is 1. The summed E-state index contributed by atoms with van der Waals surface area (Å²) in [5.41, 5.74) is 0. The molecule has 0 unspecified atom stereocenters. The molecular formula is C10H16O2. The van der Waals surface area contributed by atoms with E-state index in [4.69, 9.17) is 4.74 Å². The van der Waals surface area contributed by atoms with Crippen LogP contribution in [-0.2, 0) is 9.53 Å². The van der Waals surface area contributed by atoms with Crippen molar-refractivity contribution in [1.82, 2.24) is 0 Å². The minimum atomic E-state index is 0.273. The molecule has 0 atom stereocenters. The van der Waals surface area contributed by atoms with Gasteiger partial charge < -0.3 is 4.74 Å². The number of ether oxygens (including phenoxy) is 1. The Hall–Kier alpha value is -0.630. The lowest BCUT2D eigenvalue weighted by Crippen LogP contribution is -2.17. The zero-order valence-corrected chi connectivity index (χ0v) is 7.42. The highest BCUT2D eigenvalue weighted by Gasteiger charge is 2.21. The summed E-state index contributed by atoms with van der Waals surface area (Å²) >= 11 is 0. The van der Waals surface area contributed by atoms with Crippen molar-refractivity contribution in [3.05, 3.63) is 12.7 Å². The normalized spacial score (nSPS) is 18.0. The van der Waals surface area contributed by atoms with Crippen molar-refractivity contribution < 1.29 is 9.53 Å². The first kappa shape index (κ1) is 9.46. The minimum Gasteiger partial charge on any atom is -0.370 e. The number of ketones is 1. The van der Waals surface area contributed by atoms with Gasteiger partial charge >= 0.3 is 0 Å². The molecule has 1 saturated carbocycles. The lowest BCUT2D eigenvalue weighted by molar-refractivity contribution is -0.126. The molecule has 0 bridgehead atoms. The second-order valence-electron chi connectivity index (χ2n) is 3.25. The zero-order valence-electron chi connectivity index (χ0n) is 7.42. The maximum absolute atomic E-state index is 11.4. The third-order valence-corrected chi connectivity index (χ3v) is 2.29. The summed E-state index contributed by atoms with van der Waals surface area (Å²) < 4.78 is 5.09. The average Bonchev–Trinajstić information content (AvgIpc) is 2.56. The molecule has 0 aromatic heterocycles. The Morgan fingerprint density at radius 3 is 2.75 bits per heavy atom. The van der Waals surface area contributed by atoms with Gasteiger partial charge in [-0.1, -0.05) is 18.9 Å². The maximum atomic E-state index is 11.4. The molecule has 12 heavy (non-hydrogen) atoms. The predicted octanol–water partition coefficient (Wildman–Crippen LogP) is 1.95. The number of Topliss-reactive ketones (excluding diaryl/α,β-unsaturated/α-hetero) is 1. The van der Waals surface area contributed by atoms with Gasteiger partial charge in [0.15, 0.2) is 5.78 Å². The second kappa shape index (κ2) is 5.09. The van der Waals surface area contributed by atoms with Crippen molar-refractivity contribution in [1.29, 1.82) is 0 Å². The van der Waals surface area contributed by atoms with Crippen LogP contribution in [0.5, 0.6) is 0 Å². The van der Waals surface area contributed by atoms with Gasteiger partial charge in [0.25, 0.3) is 0 Å². The molecule has 0 aromatic carbocycles. The molecule has 1 aliphatic rings. The van der Waals surface area contributed by atoms with E-state index in [0.717, 1.165) is 12.8 Å². The molecule has 0 heterocycles. The van der Waals surface area contributed by atoms with E-state index in [1.165, 1.54) is 12.8 Å². The van der Waals surface area contributed by atoms with Crippen LogP contribution >= 0.6 is 0 Å². The van der Waals surface area contributed by atoms with Crippen molar-refractivity contribution in [3.63, 3.8) is 0 Å². The van der Waals surface area contributed by atoms with Gasteiger partial charge in [0.2, 0.25) is 0 Å². The first-order chi connectivity index (χ1) is 5.84. The molecule has 1 rings (SSSR count). The zero-order chi connectivity index (χ0) is 8.81. The molecule has 0 amide bonds. The van der Waals surface area contributed by atoms with Crippen LogP contribution in [0.3, 0.4) is 0 Å². The molecule has 2 heteroatoms. The van der Waals surface area contributed by atoms with Gasteiger partial charge in [-0.2, -0.15) is 0 Å². The Bertz CT molecular complexity index is 157. The van der Waals surface area contributed by atoms with E-state index < -0.39 is 0 Å². The van der Waals surface area contributed by atoms with Gasteiger partial charge in [-0.25, -0.2) is 0 Å². The molecule has 0 N–H and O–H groups in total. The third kappa shape index (κ3) is 2.78. The highest BCUT2D eigenvalue weighted by molar-refractivity contribution is 5.82. The molecule has 68 valence electrons. The van der Waals surface area contributed by atoms with Crippen molar-refractivity contribution in [2.24, 2.45) is 5.92 Å². The first-order valence-corrected chi connectivity index (χ1v) is 4.56. The lowest BCUT2D eigenvalue weighted by Gasteiger charge is -2.06. The van der Waals surface area contributed by atoms with Crippen LogP contribution in [0.2, 0.25) is 0 Å². The molecule has 0 saturated heterocycles. The molecule has 0 aliphatic heterocycles. The van der Waals surface area contributed by atoms with Gasteiger partial charge in [0.1, 0.15) is 6.61 Å². The number of carbonyl (C=O) groups excluding carboxylic acids is 1. The molecule has 0 radical (unpaired) electrons. The summed E-state index contributed by atoms with van der Waals surface area (Å²) in [5.74, 6) is 0.559. The largest absolute Gasteiger partial charge is 0.370 e. The van der Waals surface area contributed by atoms with Crippen LogP contribution < -0.4 is 0 Å². The summed E-state index contributed by atoms with van der Waals surface area (Å²) in [6, 6.07) is 0. The van der Waals surface area contributed by atoms with Crippen molar-refractivity contribution in [2.45, 2.75) is 25.7 Å². The molecule has 1 aliphatic carbocycles. The van der Waals surface area contributed by atoms with Gasteiger partial charge in [0.05, 0.1) is 6.61 Å². The molecule has 0 spiro atoms. The summed E-state index contributed by atoms with van der Waals surface area (Å²) in [6.45, 7) is 4.28. The molecule has 1 fully saturated rings. The van der Waals surface area contributed by atoms with Crippen LogP contribution in [0.1, 0.15) is 25.7 Å². The van der Waals surface area contributed by atoms with Gasteiger partial charge in [-0.05, 0) is 12.8 Å². The van der Waals surface area contributed by atoms with E-state index in [9.17, 15) is 4.79 Å². The van der Waals surface area contributed by atoms with Crippen molar-refractivity contribution >= 4 is 5.78 Å². The standard InChI is InChI=1S/C10H16O2/c1-2-7-12-8-10(11)9-5-3-4-6-9/h2,9H,1,3-8H2. The lowest BCUT2D eigenvalue weighted by atomic mass is 10.0. The summed E-state index contributed by atoms with van der Waals surface area (Å²) in [4.78, 5) is 11.4. The fourth-order valence-electron chi connectivity index (χ4n) is 1.61. The van der Waals surface area contributed by atoms with E-state index >= 15 is 0 Å². The van der Waals surface area contributed by atoms with Gasteiger partial charge in [-0.3, -0.25) is 4.79 Å². The van der Waals surface area contributed by atoms with E-state index in [1.807, 2.05) is 0 Å². The van der Waals surface area contributed by atoms with Gasteiger partial charge in [-0.15, -0.1) is 6.58 Å². The Labute approximate surface area is 73.6 Å². The summed E-state index contributed by atoms with van der Waals surface area (Å²) in [5, 5.41) is 0. The first-order valence-electron chi connectivity index (χ1n) is 4.56. The Kier molecular flexibility index (Phi) is 4.01. The van der Waals surface area contributed by atoms with Crippen LogP contribution in [-0.4, -0.2) is 19.0 Å². The van der Waals surface area contributed by atoms with Gasteiger partial charge in [0, 0.05) is 5.92 Å². The van der Waals surface area contributed by atoms with E-state index in [-0.39, 0.29) is 18.3 Å². The van der Waals surface area contributed by atoms with E-state index in [1.54, 1.807) is 6.08 Å². The monoisotopic (exact) mass is 168 g/mol. The molecular weight excluding hydrogens is 152 g/mol. The van der Waals surface area contributed by atoms with E-state index in [0.29, 0.717) is 6.61 Å². The molecule has 2 nitrogen and oxygen atoms in total. The smallest absolute Gasteiger partial charge is 0.161 e. The van der Waals surface area contributed by atoms with Crippen LogP contribution in [0.25, 0.3) is 0 Å². The van der Waals surface area contributed by atoms with Crippen molar-refractivity contribution in [3.8, 4) is 0 Å². The van der Waals surface area contributed by atoms with E-state index in [2.05, 4.69) is 6.58 Å². The quantitative estimate of drug-likeness (QED) is 0.463. The minimum absolute atomic E-state index is 0.273. The summed E-state index contributed by atoms with van der Waals surface area (Å²) in [6.07, 6.45) is 6.21. The van der Waals surface area contributed by atoms with Crippen molar-refractivity contribution in [2.75, 3.05) is 13.2 Å². The SMILES string of the molecule is C=CCOCC(=O)C1CCCC1. The maximum Gasteiger partial charge on any atom is 0.161 e. The highest BCUT2D eigenvalue weighted by Crippen LogP contribution is 2.25. The fourth-order valence-corrected chi connectivity index (χ4v) is 1.61. The topological polar surface area (TPSA) is 26.3 Å². The van der Waals surface area contributed by atoms with Crippen LogP contribution in [0.15, 0.2) is 12.7 Å². The number of rotatable bonds is 5. The highest BCUT2D eigenvalue weighted by atomic mass is 16.5. The fraction of sp³-hybridized carbons (Fsp3) is 0.700. The Morgan fingerprint density at radius 2 is 2.17 bits per heavy atom. The average molecular weight is 168 g/mol.